The van der Waals surface area contributed by atoms with Crippen LogP contribution in [0.4, 0.5) is 0 Å². The number of fused-ring (bicyclic) bond motifs is 2. The van der Waals surface area contributed by atoms with Crippen molar-refractivity contribution in [3.05, 3.63) is 11.1 Å². The summed E-state index contributed by atoms with van der Waals surface area (Å²) in [5.41, 5.74) is 2.13. The second kappa shape index (κ2) is 3.83. The third kappa shape index (κ3) is 1.49. The first kappa shape index (κ1) is 12.2. The Hall–Kier alpha value is -0.830. The first-order valence-corrected chi connectivity index (χ1v) is 7.02. The van der Waals surface area contributed by atoms with E-state index in [4.69, 9.17) is 4.74 Å². The van der Waals surface area contributed by atoms with Crippen LogP contribution >= 0.6 is 0 Å². The lowest BCUT2D eigenvalue weighted by Gasteiger charge is -2.52. The highest BCUT2D eigenvalue weighted by atomic mass is 16.5. The molecule has 2 saturated carbocycles. The Kier molecular flexibility index (Phi) is 2.60. The lowest BCUT2D eigenvalue weighted by Crippen LogP contribution is -2.49. The van der Waals surface area contributed by atoms with E-state index in [0.29, 0.717) is 11.8 Å². The van der Waals surface area contributed by atoms with Crippen LogP contribution in [0.15, 0.2) is 11.1 Å². The van der Waals surface area contributed by atoms with Gasteiger partial charge in [0.05, 0.1) is 6.10 Å². The maximum Gasteiger partial charge on any atom is 0.334 e. The molecule has 5 atom stereocenters. The first-order valence-electron chi connectivity index (χ1n) is 7.02. The molecule has 18 heavy (non-hydrogen) atoms. The Balaban J connectivity index is 1.96. The summed E-state index contributed by atoms with van der Waals surface area (Å²) in [6.07, 6.45) is 3.65. The zero-order valence-corrected chi connectivity index (χ0v) is 11.4. The highest BCUT2D eigenvalue weighted by molar-refractivity contribution is 5.91. The van der Waals surface area contributed by atoms with Gasteiger partial charge in [0.2, 0.25) is 0 Å². The average molecular weight is 250 g/mol. The van der Waals surface area contributed by atoms with Crippen LogP contribution in [0.25, 0.3) is 0 Å². The number of rotatable bonds is 0. The summed E-state index contributed by atoms with van der Waals surface area (Å²) in [4.78, 5) is 11.7. The van der Waals surface area contributed by atoms with Gasteiger partial charge in [0.25, 0.3) is 0 Å². The van der Waals surface area contributed by atoms with Crippen LogP contribution in [0.1, 0.15) is 46.5 Å². The molecule has 0 spiro atoms. The van der Waals surface area contributed by atoms with Crippen molar-refractivity contribution in [1.29, 1.82) is 0 Å². The fourth-order valence-corrected chi connectivity index (χ4v) is 4.22. The van der Waals surface area contributed by atoms with E-state index in [9.17, 15) is 9.90 Å². The van der Waals surface area contributed by atoms with Gasteiger partial charge in [-0.15, -0.1) is 0 Å². The van der Waals surface area contributed by atoms with Crippen LogP contribution in [-0.4, -0.2) is 23.3 Å². The number of hydrogen-bond donors (Lipinski definition) is 1. The summed E-state index contributed by atoms with van der Waals surface area (Å²) in [7, 11) is 0. The molecule has 0 radical (unpaired) electrons. The fourth-order valence-electron chi connectivity index (χ4n) is 4.22. The first-order chi connectivity index (χ1) is 8.43. The van der Waals surface area contributed by atoms with Crippen molar-refractivity contribution in [2.45, 2.75) is 58.7 Å². The Morgan fingerprint density at radius 3 is 2.83 bits per heavy atom. The molecule has 0 saturated heterocycles. The number of ether oxygens (including phenoxy) is 1. The summed E-state index contributed by atoms with van der Waals surface area (Å²) in [6.45, 7) is 6.32. The largest absolute Gasteiger partial charge is 0.454 e. The second-order valence-electron chi connectivity index (χ2n) is 6.59. The van der Waals surface area contributed by atoms with E-state index >= 15 is 0 Å². The highest BCUT2D eigenvalue weighted by Crippen LogP contribution is 2.56. The van der Waals surface area contributed by atoms with Crippen molar-refractivity contribution in [2.24, 2.45) is 17.3 Å². The van der Waals surface area contributed by atoms with E-state index in [1.54, 1.807) is 0 Å². The monoisotopic (exact) mass is 250 g/mol. The Morgan fingerprint density at radius 2 is 2.11 bits per heavy atom. The van der Waals surface area contributed by atoms with Gasteiger partial charge in [-0.05, 0) is 55.4 Å². The van der Waals surface area contributed by atoms with Gasteiger partial charge < -0.3 is 9.84 Å². The third-order valence-corrected chi connectivity index (χ3v) is 5.86. The van der Waals surface area contributed by atoms with Crippen molar-refractivity contribution in [3.8, 4) is 0 Å². The molecule has 2 aliphatic carbocycles. The van der Waals surface area contributed by atoms with E-state index in [1.807, 2.05) is 6.92 Å². The van der Waals surface area contributed by atoms with Crippen LogP contribution < -0.4 is 0 Å². The van der Waals surface area contributed by atoms with Crippen molar-refractivity contribution in [2.75, 3.05) is 0 Å². The van der Waals surface area contributed by atoms with Crippen molar-refractivity contribution in [3.63, 3.8) is 0 Å². The molecule has 0 bridgehead atoms. The third-order valence-electron chi connectivity index (χ3n) is 5.86. The van der Waals surface area contributed by atoms with Gasteiger partial charge in [-0.1, -0.05) is 13.8 Å². The van der Waals surface area contributed by atoms with Crippen LogP contribution in [0.5, 0.6) is 0 Å². The molecule has 3 nitrogen and oxygen atoms in total. The lowest BCUT2D eigenvalue weighted by molar-refractivity contribution is -0.143. The summed E-state index contributed by atoms with van der Waals surface area (Å²) in [5, 5.41) is 10.1. The average Bonchev–Trinajstić information content (AvgIpc) is 2.60. The van der Waals surface area contributed by atoms with Gasteiger partial charge in [0.15, 0.2) is 0 Å². The minimum absolute atomic E-state index is 0.0259. The molecule has 3 aliphatic rings. The van der Waals surface area contributed by atoms with Crippen LogP contribution in [0.3, 0.4) is 0 Å². The Morgan fingerprint density at radius 1 is 1.39 bits per heavy atom. The van der Waals surface area contributed by atoms with Crippen molar-refractivity contribution >= 4 is 5.97 Å². The van der Waals surface area contributed by atoms with E-state index in [-0.39, 0.29) is 23.6 Å². The van der Waals surface area contributed by atoms with Gasteiger partial charge in [0.1, 0.15) is 6.10 Å². The zero-order chi connectivity index (χ0) is 13.1. The molecule has 3 rings (SSSR count). The molecular weight excluding hydrogens is 228 g/mol. The topological polar surface area (TPSA) is 46.5 Å². The summed E-state index contributed by atoms with van der Waals surface area (Å²) in [5.74, 6) is 0.738. The SMILES string of the molecule is CC1=C2C[C@@]3(C)[C@H](CC[C@@H](O)[C@@H]3C)C[C@H]2OC1=O. The summed E-state index contributed by atoms with van der Waals surface area (Å²) in [6, 6.07) is 0. The summed E-state index contributed by atoms with van der Waals surface area (Å²) < 4.78 is 5.46. The van der Waals surface area contributed by atoms with Crippen LogP contribution in [0.2, 0.25) is 0 Å². The van der Waals surface area contributed by atoms with Crippen LogP contribution in [-0.2, 0) is 9.53 Å². The molecule has 0 aromatic carbocycles. The number of aliphatic hydroxyl groups excluding tert-OH is 1. The molecule has 0 aromatic rings. The van der Waals surface area contributed by atoms with E-state index in [0.717, 1.165) is 31.3 Å². The van der Waals surface area contributed by atoms with Crippen molar-refractivity contribution < 1.29 is 14.6 Å². The Bertz CT molecular complexity index is 425. The lowest BCUT2D eigenvalue weighted by atomic mass is 9.53. The second-order valence-corrected chi connectivity index (χ2v) is 6.59. The molecule has 0 unspecified atom stereocenters. The molecule has 0 aromatic heterocycles. The smallest absolute Gasteiger partial charge is 0.334 e. The summed E-state index contributed by atoms with van der Waals surface area (Å²) >= 11 is 0. The quantitative estimate of drug-likeness (QED) is 0.672. The zero-order valence-electron chi connectivity index (χ0n) is 11.4. The van der Waals surface area contributed by atoms with E-state index < -0.39 is 0 Å². The van der Waals surface area contributed by atoms with Gasteiger partial charge in [-0.2, -0.15) is 0 Å². The van der Waals surface area contributed by atoms with Gasteiger partial charge in [-0.3, -0.25) is 0 Å². The molecule has 0 amide bonds. The molecule has 100 valence electrons. The normalized spacial score (nSPS) is 47.7. The van der Waals surface area contributed by atoms with Gasteiger partial charge in [-0.25, -0.2) is 4.79 Å². The maximum atomic E-state index is 11.7. The molecule has 1 aliphatic heterocycles. The number of carbonyl (C=O) groups is 1. The van der Waals surface area contributed by atoms with Crippen molar-refractivity contribution in [1.82, 2.24) is 0 Å². The number of aliphatic hydroxyl groups is 1. The molecule has 1 N–H and O–H groups in total. The van der Waals surface area contributed by atoms with Gasteiger partial charge in [0, 0.05) is 5.57 Å². The molecular formula is C15H22O3. The predicted octanol–water partition coefficient (Wildman–Crippen LogP) is 2.44. The number of carbonyl (C=O) groups excluding carboxylic acids is 1. The molecule has 3 heteroatoms. The predicted molar refractivity (Wildman–Crippen MR) is 67.8 cm³/mol. The fraction of sp³-hybridized carbons (Fsp3) is 0.800. The standard InChI is InChI=1S/C15H22O3/c1-8-11-7-15(3)9(2)12(16)5-4-10(15)6-13(11)18-14(8)17/h9-10,12-13,16H,4-7H2,1-3H3/t9-,10+,12+,13+,15+/m0/s1. The van der Waals surface area contributed by atoms with E-state index in [2.05, 4.69) is 13.8 Å². The minimum Gasteiger partial charge on any atom is -0.454 e. The van der Waals surface area contributed by atoms with Crippen LogP contribution in [0, 0.1) is 17.3 Å². The molecule has 2 fully saturated rings. The Labute approximate surface area is 108 Å². The minimum atomic E-state index is -0.193. The molecule has 1 heterocycles. The number of hydrogen-bond acceptors (Lipinski definition) is 3. The maximum absolute atomic E-state index is 11.7. The highest BCUT2D eigenvalue weighted by Gasteiger charge is 2.52. The van der Waals surface area contributed by atoms with E-state index in [1.165, 1.54) is 5.57 Å². The van der Waals surface area contributed by atoms with Gasteiger partial charge >= 0.3 is 5.97 Å². The number of esters is 1.